The molecule has 2 aromatic rings. The summed E-state index contributed by atoms with van der Waals surface area (Å²) in [5, 5.41) is 3.29. The third-order valence-corrected chi connectivity index (χ3v) is 4.21. The molecule has 0 aromatic heterocycles. The molecule has 2 rings (SSSR count). The average molecular weight is 359 g/mol. The smallest absolute Gasteiger partial charge is 0.243 e. The number of carbonyl (C=O) groups excluding carboxylic acids is 2. The van der Waals surface area contributed by atoms with Crippen LogP contribution < -0.4 is 5.32 Å². The number of anilines is 1. The van der Waals surface area contributed by atoms with Gasteiger partial charge < -0.3 is 10.2 Å². The lowest BCUT2D eigenvalue weighted by molar-refractivity contribution is -0.133. The van der Waals surface area contributed by atoms with E-state index < -0.39 is 0 Å². The molecule has 0 aliphatic heterocycles. The molecule has 4 nitrogen and oxygen atoms in total. The molecular weight excluding hydrogens is 336 g/mol. The number of nitrogens with zero attached hydrogens (tertiary/aromatic N) is 1. The largest absolute Gasteiger partial charge is 0.336 e. The number of nitrogens with one attached hydrogen (secondary N) is 1. The molecule has 0 bridgehead atoms. The minimum atomic E-state index is -0.245. The molecule has 132 valence electrons. The molecule has 0 atom stereocenters. The maximum absolute atomic E-state index is 12.2. The van der Waals surface area contributed by atoms with Crippen LogP contribution in [0.25, 0.3) is 0 Å². The van der Waals surface area contributed by atoms with Crippen molar-refractivity contribution in [2.75, 3.05) is 18.9 Å². The predicted molar refractivity (Wildman–Crippen MR) is 102 cm³/mol. The highest BCUT2D eigenvalue weighted by Crippen LogP contribution is 2.15. The molecule has 2 aromatic carbocycles. The number of hydrogen-bond acceptors (Lipinski definition) is 2. The van der Waals surface area contributed by atoms with Crippen molar-refractivity contribution in [3.63, 3.8) is 0 Å². The molecule has 2 amide bonds. The first-order chi connectivity index (χ1) is 12.0. The van der Waals surface area contributed by atoms with Crippen molar-refractivity contribution < 1.29 is 9.59 Å². The van der Waals surface area contributed by atoms with E-state index in [9.17, 15) is 9.59 Å². The van der Waals surface area contributed by atoms with Gasteiger partial charge in [0.15, 0.2) is 0 Å². The van der Waals surface area contributed by atoms with Gasteiger partial charge in [-0.25, -0.2) is 0 Å². The van der Waals surface area contributed by atoms with Crippen molar-refractivity contribution in [1.29, 1.82) is 0 Å². The lowest BCUT2D eigenvalue weighted by Crippen LogP contribution is -2.35. The topological polar surface area (TPSA) is 49.4 Å². The van der Waals surface area contributed by atoms with Crippen LogP contribution in [0.2, 0.25) is 5.02 Å². The number of aryl methyl sites for hydroxylation is 2. The fourth-order valence-electron chi connectivity index (χ4n) is 2.45. The highest BCUT2D eigenvalue weighted by Gasteiger charge is 2.13. The molecule has 1 N–H and O–H groups in total. The monoisotopic (exact) mass is 358 g/mol. The van der Waals surface area contributed by atoms with Crippen LogP contribution in [-0.2, 0) is 22.4 Å². The summed E-state index contributed by atoms with van der Waals surface area (Å²) in [4.78, 5) is 25.7. The first kappa shape index (κ1) is 19.0. The van der Waals surface area contributed by atoms with Gasteiger partial charge in [-0.1, -0.05) is 48.9 Å². The Balaban J connectivity index is 1.79. The van der Waals surface area contributed by atoms with Crippen LogP contribution >= 0.6 is 11.6 Å². The number of likely N-dealkylation sites (N-methyl/N-ethyl adjacent to an activating group) is 1. The van der Waals surface area contributed by atoms with E-state index in [1.165, 1.54) is 10.5 Å². The van der Waals surface area contributed by atoms with E-state index in [1.54, 1.807) is 31.3 Å². The Kier molecular flexibility index (Phi) is 7.02. The van der Waals surface area contributed by atoms with Gasteiger partial charge in [0.25, 0.3) is 0 Å². The van der Waals surface area contributed by atoms with Crippen molar-refractivity contribution >= 4 is 29.1 Å². The third kappa shape index (κ3) is 6.24. The van der Waals surface area contributed by atoms with E-state index in [2.05, 4.69) is 36.5 Å². The van der Waals surface area contributed by atoms with E-state index in [0.29, 0.717) is 23.6 Å². The van der Waals surface area contributed by atoms with E-state index in [0.717, 1.165) is 12.0 Å². The van der Waals surface area contributed by atoms with Gasteiger partial charge in [-0.3, -0.25) is 9.59 Å². The Hall–Kier alpha value is -2.33. The van der Waals surface area contributed by atoms with E-state index in [1.807, 2.05) is 0 Å². The maximum atomic E-state index is 12.2. The summed E-state index contributed by atoms with van der Waals surface area (Å²) in [6.07, 6.45) is 2.05. The van der Waals surface area contributed by atoms with Gasteiger partial charge >= 0.3 is 0 Å². The Morgan fingerprint density at radius 3 is 2.40 bits per heavy atom. The summed E-state index contributed by atoms with van der Waals surface area (Å²) in [6.45, 7) is 2.13. The zero-order valence-corrected chi connectivity index (χ0v) is 15.3. The van der Waals surface area contributed by atoms with E-state index in [4.69, 9.17) is 11.6 Å². The Morgan fingerprint density at radius 2 is 1.76 bits per heavy atom. The molecule has 25 heavy (non-hydrogen) atoms. The van der Waals surface area contributed by atoms with Crippen LogP contribution in [0, 0.1) is 0 Å². The lowest BCUT2D eigenvalue weighted by atomic mass is 10.1. The van der Waals surface area contributed by atoms with Crippen LogP contribution in [0.5, 0.6) is 0 Å². The second-order valence-electron chi connectivity index (χ2n) is 5.98. The highest BCUT2D eigenvalue weighted by molar-refractivity contribution is 6.30. The molecule has 5 heteroatoms. The quantitative estimate of drug-likeness (QED) is 0.815. The van der Waals surface area contributed by atoms with Crippen LogP contribution in [0.1, 0.15) is 24.5 Å². The standard InChI is InChI=1S/C20H23ClN2O2/c1-3-15-7-9-16(10-8-15)11-12-20(25)23(2)14-19(24)22-18-6-4-5-17(21)13-18/h4-10,13H,3,11-12,14H2,1-2H3,(H,22,24). The third-order valence-electron chi connectivity index (χ3n) is 3.97. The number of halogens is 1. The average Bonchev–Trinajstić information content (AvgIpc) is 2.59. The van der Waals surface area contributed by atoms with Crippen molar-refractivity contribution in [2.24, 2.45) is 0 Å². The number of rotatable bonds is 7. The Labute approximate surface area is 153 Å². The van der Waals surface area contributed by atoms with Crippen LogP contribution in [-0.4, -0.2) is 30.3 Å². The molecule has 0 saturated carbocycles. The summed E-state index contributed by atoms with van der Waals surface area (Å²) in [5.74, 6) is -0.300. The second-order valence-corrected chi connectivity index (χ2v) is 6.41. The van der Waals surface area contributed by atoms with Gasteiger partial charge in [0.05, 0.1) is 6.54 Å². The molecule has 0 saturated heterocycles. The number of benzene rings is 2. The zero-order chi connectivity index (χ0) is 18.2. The summed E-state index contributed by atoms with van der Waals surface area (Å²) >= 11 is 5.89. The number of carbonyl (C=O) groups is 2. The Bertz CT molecular complexity index is 729. The first-order valence-electron chi connectivity index (χ1n) is 8.35. The summed E-state index contributed by atoms with van der Waals surface area (Å²) in [6, 6.07) is 15.2. The van der Waals surface area contributed by atoms with Gasteiger partial charge in [-0.05, 0) is 42.2 Å². The van der Waals surface area contributed by atoms with Crippen LogP contribution in [0.3, 0.4) is 0 Å². The van der Waals surface area contributed by atoms with Gasteiger partial charge in [0, 0.05) is 24.2 Å². The van der Waals surface area contributed by atoms with Crippen molar-refractivity contribution in [3.05, 3.63) is 64.7 Å². The summed E-state index contributed by atoms with van der Waals surface area (Å²) in [7, 11) is 1.64. The van der Waals surface area contributed by atoms with E-state index in [-0.39, 0.29) is 18.4 Å². The highest BCUT2D eigenvalue weighted by atomic mass is 35.5. The van der Waals surface area contributed by atoms with Gasteiger partial charge in [0.2, 0.25) is 11.8 Å². The first-order valence-corrected chi connectivity index (χ1v) is 8.73. The summed E-state index contributed by atoms with van der Waals surface area (Å²) in [5.41, 5.74) is 3.03. The van der Waals surface area contributed by atoms with Crippen LogP contribution in [0.4, 0.5) is 5.69 Å². The molecule has 0 aliphatic carbocycles. The van der Waals surface area contributed by atoms with Gasteiger partial charge in [-0.2, -0.15) is 0 Å². The van der Waals surface area contributed by atoms with E-state index >= 15 is 0 Å². The fraction of sp³-hybridized carbons (Fsp3) is 0.300. The number of hydrogen-bond donors (Lipinski definition) is 1. The van der Waals surface area contributed by atoms with Crippen molar-refractivity contribution in [1.82, 2.24) is 4.90 Å². The molecule has 0 heterocycles. The molecule has 0 spiro atoms. The van der Waals surface area contributed by atoms with Crippen molar-refractivity contribution in [2.45, 2.75) is 26.2 Å². The fourth-order valence-corrected chi connectivity index (χ4v) is 2.64. The SMILES string of the molecule is CCc1ccc(CCC(=O)N(C)CC(=O)Nc2cccc(Cl)c2)cc1. The van der Waals surface area contributed by atoms with Gasteiger partial charge in [-0.15, -0.1) is 0 Å². The minimum absolute atomic E-state index is 0.0140. The zero-order valence-electron chi connectivity index (χ0n) is 14.6. The minimum Gasteiger partial charge on any atom is -0.336 e. The molecular formula is C20H23ClN2O2. The number of amides is 2. The second kappa shape index (κ2) is 9.23. The van der Waals surface area contributed by atoms with Crippen LogP contribution in [0.15, 0.2) is 48.5 Å². The predicted octanol–water partition coefficient (Wildman–Crippen LogP) is 3.93. The molecule has 0 aliphatic rings. The Morgan fingerprint density at radius 1 is 1.08 bits per heavy atom. The van der Waals surface area contributed by atoms with Gasteiger partial charge in [0.1, 0.15) is 0 Å². The molecule has 0 radical (unpaired) electrons. The maximum Gasteiger partial charge on any atom is 0.243 e. The molecule has 0 unspecified atom stereocenters. The van der Waals surface area contributed by atoms with Crippen molar-refractivity contribution in [3.8, 4) is 0 Å². The normalized spacial score (nSPS) is 10.4. The molecule has 0 fully saturated rings. The lowest BCUT2D eigenvalue weighted by Gasteiger charge is -2.17. The summed E-state index contributed by atoms with van der Waals surface area (Å²) < 4.78 is 0.